The first-order valence-corrected chi connectivity index (χ1v) is 13.2. The third-order valence-electron chi connectivity index (χ3n) is 7.96. The lowest BCUT2D eigenvalue weighted by Gasteiger charge is -2.54. The van der Waals surface area contributed by atoms with E-state index in [1.165, 1.54) is 0 Å². The van der Waals surface area contributed by atoms with E-state index in [-0.39, 0.29) is 12.2 Å². The lowest BCUT2D eigenvalue weighted by atomic mass is 9.54. The van der Waals surface area contributed by atoms with Gasteiger partial charge in [-0.25, -0.2) is 0 Å². The Hall–Kier alpha value is -3.48. The quantitative estimate of drug-likeness (QED) is 0.192. The Balaban J connectivity index is 1.33. The number of Topliss-reactive ketones (excluding diaryl/α,β-unsaturated/α-hetero) is 1. The summed E-state index contributed by atoms with van der Waals surface area (Å²) in [6.07, 6.45) is -0.796. The van der Waals surface area contributed by atoms with Crippen molar-refractivity contribution in [2.45, 2.75) is 29.2 Å². The fourth-order valence-electron chi connectivity index (χ4n) is 6.32. The van der Waals surface area contributed by atoms with E-state index in [1.807, 2.05) is 48.5 Å². The molecule has 1 aliphatic heterocycles. The Morgan fingerprint density at radius 2 is 1.21 bits per heavy atom. The first-order chi connectivity index (χ1) is 18.2. The first kappa shape index (κ1) is 24.8. The average Bonchev–Trinajstić information content (AvgIpc) is 3.20. The molecule has 2 amide bonds. The largest absolute Gasteiger partial charge is 0.453 e. The van der Waals surface area contributed by atoms with E-state index in [2.05, 4.69) is 0 Å². The van der Waals surface area contributed by atoms with Crippen LogP contribution in [0.4, 0.5) is 0 Å². The van der Waals surface area contributed by atoms with Crippen LogP contribution >= 0.6 is 23.2 Å². The second kappa shape index (κ2) is 8.79. The summed E-state index contributed by atoms with van der Waals surface area (Å²) in [6.45, 7) is 1.09. The van der Waals surface area contributed by atoms with Crippen LogP contribution in [-0.4, -0.2) is 41.1 Å². The van der Waals surface area contributed by atoms with Gasteiger partial charge in [-0.05, 0) is 28.7 Å². The molecule has 3 aromatic carbocycles. The Labute approximate surface area is 229 Å². The Bertz CT molecular complexity index is 1380. The summed E-state index contributed by atoms with van der Waals surface area (Å²) in [5, 5.41) is 0. The average molecular weight is 548 g/mol. The van der Waals surface area contributed by atoms with E-state index >= 15 is 0 Å². The number of halogens is 2. The van der Waals surface area contributed by atoms with Crippen LogP contribution in [0.2, 0.25) is 0 Å². The predicted octanol–water partition coefficient (Wildman–Crippen LogP) is 4.78. The number of benzene rings is 3. The van der Waals surface area contributed by atoms with Crippen LogP contribution < -0.4 is 0 Å². The van der Waals surface area contributed by atoms with Crippen LogP contribution in [0.15, 0.2) is 78.9 Å². The van der Waals surface area contributed by atoms with Crippen molar-refractivity contribution in [2.75, 3.05) is 6.54 Å². The van der Waals surface area contributed by atoms with Gasteiger partial charge in [0.25, 0.3) is 0 Å². The Morgan fingerprint density at radius 3 is 1.63 bits per heavy atom. The number of alkyl halides is 2. The lowest BCUT2D eigenvalue weighted by Crippen LogP contribution is -2.57. The Kier molecular flexibility index (Phi) is 5.74. The van der Waals surface area contributed by atoms with Gasteiger partial charge in [0.05, 0.1) is 11.8 Å². The van der Waals surface area contributed by atoms with Crippen LogP contribution in [0.3, 0.4) is 0 Å². The molecule has 7 rings (SSSR count). The van der Waals surface area contributed by atoms with Gasteiger partial charge >= 0.3 is 5.97 Å². The molecule has 1 heterocycles. The van der Waals surface area contributed by atoms with Gasteiger partial charge in [0, 0.05) is 5.56 Å². The number of hydrogen-bond donors (Lipinski definition) is 0. The molecule has 3 atom stereocenters. The summed E-state index contributed by atoms with van der Waals surface area (Å²) in [4.78, 5) is 51.8. The van der Waals surface area contributed by atoms with Crippen molar-refractivity contribution < 1.29 is 23.9 Å². The van der Waals surface area contributed by atoms with Crippen molar-refractivity contribution >= 4 is 46.8 Å². The standard InChI is InChI=1S/C30H23Cl2NO5/c1-2-22(26(35)17-10-4-3-5-11-17)38-23(34)16-33-27(36)24-25(28(33)37)30(32)19-13-7-6-12-18(19)29(24,31)20-14-8-9-15-21(20)30/h3-15,22,24-25H,2,16H2,1H3/t22-,24+,25+,29?,30?/m0/s1. The molecule has 4 aliphatic rings. The van der Waals surface area contributed by atoms with Crippen molar-refractivity contribution in [3.63, 3.8) is 0 Å². The van der Waals surface area contributed by atoms with Gasteiger partial charge < -0.3 is 4.74 Å². The van der Waals surface area contributed by atoms with Gasteiger partial charge in [-0.2, -0.15) is 0 Å². The molecule has 6 nitrogen and oxygen atoms in total. The van der Waals surface area contributed by atoms with E-state index in [1.54, 1.807) is 37.3 Å². The van der Waals surface area contributed by atoms with E-state index in [9.17, 15) is 19.2 Å². The van der Waals surface area contributed by atoms with Gasteiger partial charge in [0.15, 0.2) is 6.10 Å². The number of rotatable bonds is 6. The molecule has 0 spiro atoms. The zero-order chi connectivity index (χ0) is 26.8. The van der Waals surface area contributed by atoms with Gasteiger partial charge in [-0.1, -0.05) is 85.8 Å². The van der Waals surface area contributed by atoms with E-state index in [0.717, 1.165) is 4.90 Å². The zero-order valence-electron chi connectivity index (χ0n) is 20.4. The molecule has 0 radical (unpaired) electrons. The lowest BCUT2D eigenvalue weighted by molar-refractivity contribution is -0.155. The number of esters is 1. The molecular weight excluding hydrogens is 525 g/mol. The second-order valence-electron chi connectivity index (χ2n) is 9.85. The Morgan fingerprint density at radius 1 is 0.789 bits per heavy atom. The van der Waals surface area contributed by atoms with Crippen molar-refractivity contribution in [3.05, 3.63) is 107 Å². The molecule has 0 unspecified atom stereocenters. The molecule has 0 aromatic heterocycles. The number of hydrogen-bond acceptors (Lipinski definition) is 5. The van der Waals surface area contributed by atoms with Crippen molar-refractivity contribution in [1.82, 2.24) is 4.90 Å². The van der Waals surface area contributed by atoms with Crippen LogP contribution in [0, 0.1) is 11.8 Å². The van der Waals surface area contributed by atoms with Crippen LogP contribution in [-0.2, 0) is 28.9 Å². The number of likely N-dealkylation sites (tertiary alicyclic amines) is 1. The highest BCUT2D eigenvalue weighted by Crippen LogP contribution is 2.69. The van der Waals surface area contributed by atoms with Gasteiger partial charge in [-0.15, -0.1) is 23.2 Å². The highest BCUT2D eigenvalue weighted by Gasteiger charge is 2.73. The topological polar surface area (TPSA) is 80.8 Å². The minimum absolute atomic E-state index is 0.243. The second-order valence-corrected chi connectivity index (χ2v) is 11.0. The number of imide groups is 1. The maximum Gasteiger partial charge on any atom is 0.326 e. The molecule has 1 saturated heterocycles. The molecule has 192 valence electrons. The number of carbonyl (C=O) groups is 4. The van der Waals surface area contributed by atoms with Crippen molar-refractivity contribution in [3.8, 4) is 0 Å². The third-order valence-corrected chi connectivity index (χ3v) is 9.24. The molecule has 0 saturated carbocycles. The highest BCUT2D eigenvalue weighted by atomic mass is 35.5. The summed E-state index contributed by atoms with van der Waals surface area (Å²) in [7, 11) is 0. The molecule has 0 N–H and O–H groups in total. The number of carbonyl (C=O) groups excluding carboxylic acids is 4. The number of amides is 2. The molecule has 3 aromatic rings. The monoisotopic (exact) mass is 547 g/mol. The summed E-state index contributed by atoms with van der Waals surface area (Å²) in [6, 6.07) is 23.1. The van der Waals surface area contributed by atoms with Gasteiger partial charge in [0.2, 0.25) is 17.6 Å². The van der Waals surface area contributed by atoms with Crippen molar-refractivity contribution in [2.24, 2.45) is 11.8 Å². The summed E-state index contributed by atoms with van der Waals surface area (Å²) < 4.78 is 5.47. The minimum atomic E-state index is -1.32. The maximum atomic E-state index is 13.8. The maximum absolute atomic E-state index is 13.8. The third kappa shape index (κ3) is 3.20. The smallest absolute Gasteiger partial charge is 0.326 e. The zero-order valence-corrected chi connectivity index (χ0v) is 21.9. The van der Waals surface area contributed by atoms with Gasteiger partial charge in [-0.3, -0.25) is 24.1 Å². The van der Waals surface area contributed by atoms with E-state index in [4.69, 9.17) is 27.9 Å². The molecular formula is C30H23Cl2NO5. The van der Waals surface area contributed by atoms with E-state index < -0.39 is 52.0 Å². The minimum Gasteiger partial charge on any atom is -0.453 e. The first-order valence-electron chi connectivity index (χ1n) is 12.5. The molecule has 2 bridgehead atoms. The van der Waals surface area contributed by atoms with Crippen LogP contribution in [0.5, 0.6) is 0 Å². The summed E-state index contributed by atoms with van der Waals surface area (Å²) in [5.41, 5.74) is 3.14. The fraction of sp³-hybridized carbons (Fsp3) is 0.267. The predicted molar refractivity (Wildman–Crippen MR) is 141 cm³/mol. The highest BCUT2D eigenvalue weighted by molar-refractivity contribution is 6.36. The number of ether oxygens (including phenoxy) is 1. The van der Waals surface area contributed by atoms with Crippen LogP contribution in [0.25, 0.3) is 0 Å². The van der Waals surface area contributed by atoms with Gasteiger partial charge in [0.1, 0.15) is 16.3 Å². The SMILES string of the molecule is CC[C@H](OC(=O)CN1C(=O)[C@H]2[C@H](C1=O)C1(Cl)c3ccccc3C2(Cl)c2ccccc21)C(=O)c1ccccc1. The molecule has 8 heteroatoms. The van der Waals surface area contributed by atoms with Crippen molar-refractivity contribution in [1.29, 1.82) is 0 Å². The van der Waals surface area contributed by atoms with Crippen LogP contribution in [0.1, 0.15) is 46.0 Å². The molecule has 3 aliphatic carbocycles. The fourth-order valence-corrected chi connectivity index (χ4v) is 7.41. The molecule has 38 heavy (non-hydrogen) atoms. The molecule has 1 fully saturated rings. The normalized spacial score (nSPS) is 27.4. The number of nitrogens with zero attached hydrogens (tertiary/aromatic N) is 1. The summed E-state index contributed by atoms with van der Waals surface area (Å²) >= 11 is 14.8. The number of ketones is 1. The van der Waals surface area contributed by atoms with E-state index in [0.29, 0.717) is 27.8 Å². The summed E-state index contributed by atoms with van der Waals surface area (Å²) in [5.74, 6) is -4.36.